The predicted octanol–water partition coefficient (Wildman–Crippen LogP) is 2.94. The molecular formula is C8H4ClF3O3. The highest BCUT2D eigenvalue weighted by molar-refractivity contribution is 6.32. The summed E-state index contributed by atoms with van der Waals surface area (Å²) in [6.07, 6.45) is -4.90. The summed E-state index contributed by atoms with van der Waals surface area (Å²) in [6.45, 7) is 0. The standard InChI is InChI=1S/C8H4ClF3O3/c9-5-2-1-4(7(13)14)3-6(5)15-8(10,11)12/h1-3H,(H,13,14). The smallest absolute Gasteiger partial charge is 0.478 e. The second-order valence-electron chi connectivity index (χ2n) is 2.50. The van der Waals surface area contributed by atoms with E-state index in [0.29, 0.717) is 6.07 Å². The van der Waals surface area contributed by atoms with Gasteiger partial charge in [0, 0.05) is 0 Å². The summed E-state index contributed by atoms with van der Waals surface area (Å²) >= 11 is 5.39. The number of alkyl halides is 3. The van der Waals surface area contributed by atoms with E-state index in [0.717, 1.165) is 12.1 Å². The Kier molecular flexibility index (Phi) is 3.09. The van der Waals surface area contributed by atoms with Crippen LogP contribution in [0.2, 0.25) is 5.02 Å². The highest BCUT2D eigenvalue weighted by Gasteiger charge is 2.32. The molecule has 0 bridgehead atoms. The SMILES string of the molecule is O=C(O)c1ccc(Cl)c(OC(F)(F)F)c1. The van der Waals surface area contributed by atoms with Gasteiger partial charge >= 0.3 is 12.3 Å². The molecule has 0 unspecified atom stereocenters. The molecule has 15 heavy (non-hydrogen) atoms. The van der Waals surface area contributed by atoms with E-state index in [1.807, 2.05) is 0 Å². The maximum absolute atomic E-state index is 11.8. The zero-order valence-electron chi connectivity index (χ0n) is 7.01. The molecule has 0 saturated heterocycles. The molecule has 1 aromatic carbocycles. The molecule has 0 aliphatic heterocycles. The Labute approximate surface area is 87.0 Å². The molecule has 0 aliphatic rings. The van der Waals surface area contributed by atoms with Crippen LogP contribution in [0.5, 0.6) is 5.75 Å². The van der Waals surface area contributed by atoms with Crippen molar-refractivity contribution in [3.63, 3.8) is 0 Å². The monoisotopic (exact) mass is 240 g/mol. The summed E-state index contributed by atoms with van der Waals surface area (Å²) in [6, 6.07) is 2.80. The van der Waals surface area contributed by atoms with E-state index in [1.165, 1.54) is 0 Å². The fourth-order valence-electron chi connectivity index (χ4n) is 0.839. The predicted molar refractivity (Wildman–Crippen MR) is 45.1 cm³/mol. The number of hydrogen-bond acceptors (Lipinski definition) is 2. The van der Waals surface area contributed by atoms with Gasteiger partial charge in [-0.05, 0) is 18.2 Å². The normalized spacial score (nSPS) is 11.2. The van der Waals surface area contributed by atoms with E-state index in [9.17, 15) is 18.0 Å². The maximum atomic E-state index is 11.8. The zero-order chi connectivity index (χ0) is 11.6. The number of carboxylic acids is 1. The van der Waals surface area contributed by atoms with Crippen LogP contribution in [0.25, 0.3) is 0 Å². The van der Waals surface area contributed by atoms with E-state index >= 15 is 0 Å². The molecular weight excluding hydrogens is 237 g/mol. The number of carbonyl (C=O) groups is 1. The molecule has 0 atom stereocenters. The van der Waals surface area contributed by atoms with Crippen molar-refractivity contribution in [2.24, 2.45) is 0 Å². The Morgan fingerprint density at radius 2 is 2.00 bits per heavy atom. The molecule has 0 saturated carbocycles. The van der Waals surface area contributed by atoms with Crippen LogP contribution in [-0.4, -0.2) is 17.4 Å². The second-order valence-corrected chi connectivity index (χ2v) is 2.91. The minimum absolute atomic E-state index is 0.308. The van der Waals surface area contributed by atoms with Crippen LogP contribution in [0.4, 0.5) is 13.2 Å². The molecule has 0 radical (unpaired) electrons. The van der Waals surface area contributed by atoms with Gasteiger partial charge in [0.2, 0.25) is 0 Å². The lowest BCUT2D eigenvalue weighted by atomic mass is 10.2. The van der Waals surface area contributed by atoms with Crippen LogP contribution in [0, 0.1) is 0 Å². The lowest BCUT2D eigenvalue weighted by Crippen LogP contribution is -2.17. The van der Waals surface area contributed by atoms with Gasteiger partial charge in [-0.25, -0.2) is 4.79 Å². The van der Waals surface area contributed by atoms with E-state index in [4.69, 9.17) is 16.7 Å². The fraction of sp³-hybridized carbons (Fsp3) is 0.125. The third-order valence-corrected chi connectivity index (χ3v) is 1.72. The largest absolute Gasteiger partial charge is 0.573 e. The first-order valence-electron chi connectivity index (χ1n) is 3.58. The number of ether oxygens (including phenoxy) is 1. The summed E-state index contributed by atoms with van der Waals surface area (Å²) in [5.41, 5.74) is -0.335. The van der Waals surface area contributed by atoms with Crippen molar-refractivity contribution in [3.8, 4) is 5.75 Å². The van der Waals surface area contributed by atoms with Crippen LogP contribution in [0.15, 0.2) is 18.2 Å². The summed E-state index contributed by atoms with van der Waals surface area (Å²) in [5, 5.41) is 8.21. The van der Waals surface area contributed by atoms with Gasteiger partial charge in [-0.1, -0.05) is 11.6 Å². The molecule has 0 aromatic heterocycles. The molecule has 3 nitrogen and oxygen atoms in total. The second kappa shape index (κ2) is 3.98. The molecule has 1 N–H and O–H groups in total. The van der Waals surface area contributed by atoms with Crippen LogP contribution in [-0.2, 0) is 0 Å². The number of benzene rings is 1. The summed E-state index contributed by atoms with van der Waals surface area (Å²) in [5.74, 6) is -2.09. The Balaban J connectivity index is 3.06. The van der Waals surface area contributed by atoms with E-state index in [1.54, 1.807) is 0 Å². The lowest BCUT2D eigenvalue weighted by molar-refractivity contribution is -0.274. The molecule has 0 amide bonds. The minimum atomic E-state index is -4.90. The maximum Gasteiger partial charge on any atom is 0.573 e. The van der Waals surface area contributed by atoms with Crippen molar-refractivity contribution in [1.82, 2.24) is 0 Å². The molecule has 0 spiro atoms. The minimum Gasteiger partial charge on any atom is -0.478 e. The van der Waals surface area contributed by atoms with Crippen molar-refractivity contribution >= 4 is 17.6 Å². The average molecular weight is 241 g/mol. The van der Waals surface area contributed by atoms with Crippen molar-refractivity contribution in [2.75, 3.05) is 0 Å². The van der Waals surface area contributed by atoms with Crippen LogP contribution in [0.1, 0.15) is 10.4 Å². The summed E-state index contributed by atoms with van der Waals surface area (Å²) in [4.78, 5) is 10.5. The lowest BCUT2D eigenvalue weighted by Gasteiger charge is -2.10. The van der Waals surface area contributed by atoms with Crippen LogP contribution < -0.4 is 4.74 Å². The summed E-state index contributed by atoms with van der Waals surface area (Å²) in [7, 11) is 0. The number of aromatic carboxylic acids is 1. The number of carboxylic acid groups (broad SMARTS) is 1. The zero-order valence-corrected chi connectivity index (χ0v) is 7.76. The number of hydrogen-bond donors (Lipinski definition) is 1. The molecule has 0 heterocycles. The van der Waals surface area contributed by atoms with Crippen molar-refractivity contribution in [2.45, 2.75) is 6.36 Å². The van der Waals surface area contributed by atoms with Gasteiger partial charge in [-0.3, -0.25) is 0 Å². The first-order valence-corrected chi connectivity index (χ1v) is 3.96. The van der Waals surface area contributed by atoms with E-state index in [2.05, 4.69) is 4.74 Å². The molecule has 0 aliphatic carbocycles. The van der Waals surface area contributed by atoms with E-state index < -0.39 is 18.1 Å². The Morgan fingerprint density at radius 3 is 2.47 bits per heavy atom. The van der Waals surface area contributed by atoms with Crippen molar-refractivity contribution < 1.29 is 27.8 Å². The van der Waals surface area contributed by atoms with Crippen LogP contribution in [0.3, 0.4) is 0 Å². The van der Waals surface area contributed by atoms with Gasteiger partial charge < -0.3 is 9.84 Å². The molecule has 0 fully saturated rings. The molecule has 82 valence electrons. The fourth-order valence-corrected chi connectivity index (χ4v) is 0.995. The first kappa shape index (κ1) is 11.6. The van der Waals surface area contributed by atoms with Gasteiger partial charge in [0.1, 0.15) is 5.75 Å². The third kappa shape index (κ3) is 3.32. The van der Waals surface area contributed by atoms with Crippen molar-refractivity contribution in [1.29, 1.82) is 0 Å². The third-order valence-electron chi connectivity index (χ3n) is 1.40. The highest BCUT2D eigenvalue weighted by atomic mass is 35.5. The van der Waals surface area contributed by atoms with Gasteiger partial charge in [0.05, 0.1) is 10.6 Å². The highest BCUT2D eigenvalue weighted by Crippen LogP contribution is 2.30. The number of halogens is 4. The topological polar surface area (TPSA) is 46.5 Å². The van der Waals surface area contributed by atoms with Crippen LogP contribution >= 0.6 is 11.6 Å². The van der Waals surface area contributed by atoms with Crippen molar-refractivity contribution in [3.05, 3.63) is 28.8 Å². The van der Waals surface area contributed by atoms with E-state index in [-0.39, 0.29) is 10.6 Å². The molecule has 7 heteroatoms. The average Bonchev–Trinajstić information content (AvgIpc) is 2.06. The molecule has 1 aromatic rings. The van der Waals surface area contributed by atoms with Gasteiger partial charge in [-0.15, -0.1) is 13.2 Å². The van der Waals surface area contributed by atoms with Gasteiger partial charge in [-0.2, -0.15) is 0 Å². The number of rotatable bonds is 2. The summed E-state index contributed by atoms with van der Waals surface area (Å²) < 4.78 is 39.0. The van der Waals surface area contributed by atoms with Gasteiger partial charge in [0.15, 0.2) is 0 Å². The first-order chi connectivity index (χ1) is 6.79. The Morgan fingerprint density at radius 1 is 1.40 bits per heavy atom. The van der Waals surface area contributed by atoms with Gasteiger partial charge in [0.25, 0.3) is 0 Å². The Bertz CT molecular complexity index is 389. The molecule has 1 rings (SSSR count). The Hall–Kier alpha value is -1.43. The quantitative estimate of drug-likeness (QED) is 0.864.